The fraction of sp³-hybridized carbons (Fsp3) is 0.417. The van der Waals surface area contributed by atoms with E-state index in [1.54, 1.807) is 0 Å². The Kier molecular flexibility index (Phi) is 2.69. The van der Waals surface area contributed by atoms with Crippen molar-refractivity contribution >= 4 is 5.91 Å². The van der Waals surface area contributed by atoms with Gasteiger partial charge < -0.3 is 5.73 Å². The second-order valence-electron chi connectivity index (χ2n) is 4.52. The van der Waals surface area contributed by atoms with Gasteiger partial charge in [0.05, 0.1) is 5.54 Å². The number of nitrogens with zero attached hydrogens (tertiary/aromatic N) is 1. The van der Waals surface area contributed by atoms with Gasteiger partial charge in [-0.25, -0.2) is 5.06 Å². The average Bonchev–Trinajstić information content (AvgIpc) is 2.29. The Labute approximate surface area is 94.9 Å². The molecule has 4 heteroatoms. The summed E-state index contributed by atoms with van der Waals surface area (Å²) in [6.45, 7) is 4.18. The number of carbonyl (C=O) groups is 1. The fourth-order valence-corrected chi connectivity index (χ4v) is 1.72. The molecule has 2 rings (SSSR count). The lowest BCUT2D eigenvalue weighted by molar-refractivity contribution is -0.260. The van der Waals surface area contributed by atoms with Crippen molar-refractivity contribution in [2.45, 2.75) is 32.0 Å². The summed E-state index contributed by atoms with van der Waals surface area (Å²) < 4.78 is 0. The van der Waals surface area contributed by atoms with E-state index in [1.165, 1.54) is 5.06 Å². The molecule has 1 heterocycles. The van der Waals surface area contributed by atoms with Crippen LogP contribution in [0, 0.1) is 0 Å². The first kappa shape index (κ1) is 11.1. The highest BCUT2D eigenvalue weighted by molar-refractivity contribution is 5.89. The molecule has 4 nitrogen and oxygen atoms in total. The van der Waals surface area contributed by atoms with Gasteiger partial charge in [0.25, 0.3) is 5.91 Å². The zero-order valence-electron chi connectivity index (χ0n) is 9.51. The molecule has 1 unspecified atom stereocenters. The Morgan fingerprint density at radius 1 is 1.38 bits per heavy atom. The van der Waals surface area contributed by atoms with E-state index in [1.807, 2.05) is 44.2 Å². The standard InChI is InChI=1S/C12H16N2O2/c1-12(2)10(13)11(15)14(12)16-8-9-6-4-3-5-7-9/h3-7,10H,8,13H2,1-2H3. The number of nitrogens with two attached hydrogens (primary N) is 1. The minimum Gasteiger partial charge on any atom is -0.318 e. The molecule has 1 aliphatic rings. The third kappa shape index (κ3) is 1.70. The maximum atomic E-state index is 11.5. The predicted octanol–water partition coefficient (Wildman–Crippen LogP) is 1.07. The maximum Gasteiger partial charge on any atom is 0.266 e. The van der Waals surface area contributed by atoms with Crippen molar-refractivity contribution in [1.82, 2.24) is 5.06 Å². The Bertz CT molecular complexity index is 389. The van der Waals surface area contributed by atoms with Crippen LogP contribution in [-0.4, -0.2) is 22.6 Å². The summed E-state index contributed by atoms with van der Waals surface area (Å²) in [5, 5.41) is 1.37. The lowest BCUT2D eigenvalue weighted by Gasteiger charge is -2.50. The van der Waals surface area contributed by atoms with E-state index < -0.39 is 11.6 Å². The molecule has 0 aromatic heterocycles. The van der Waals surface area contributed by atoms with Gasteiger partial charge >= 0.3 is 0 Å². The van der Waals surface area contributed by atoms with E-state index in [9.17, 15) is 4.79 Å². The smallest absolute Gasteiger partial charge is 0.266 e. The van der Waals surface area contributed by atoms with Crippen LogP contribution in [0.1, 0.15) is 19.4 Å². The second-order valence-corrected chi connectivity index (χ2v) is 4.52. The molecule has 0 aliphatic carbocycles. The molecule has 0 bridgehead atoms. The van der Waals surface area contributed by atoms with E-state index in [-0.39, 0.29) is 5.91 Å². The van der Waals surface area contributed by atoms with Crippen molar-refractivity contribution < 1.29 is 9.63 Å². The zero-order valence-corrected chi connectivity index (χ0v) is 9.51. The lowest BCUT2D eigenvalue weighted by atomic mass is 9.85. The first-order valence-electron chi connectivity index (χ1n) is 5.30. The molecule has 0 saturated carbocycles. The van der Waals surface area contributed by atoms with Crippen LogP contribution in [0.15, 0.2) is 30.3 Å². The van der Waals surface area contributed by atoms with Crippen molar-refractivity contribution in [2.24, 2.45) is 5.73 Å². The van der Waals surface area contributed by atoms with Crippen molar-refractivity contribution in [1.29, 1.82) is 0 Å². The Morgan fingerprint density at radius 3 is 2.56 bits per heavy atom. The summed E-state index contributed by atoms with van der Waals surface area (Å²) >= 11 is 0. The van der Waals surface area contributed by atoms with E-state index >= 15 is 0 Å². The Morgan fingerprint density at radius 2 is 2.00 bits per heavy atom. The molecule has 0 spiro atoms. The number of β-lactam (4-membered cyclic amide) rings is 1. The highest BCUT2D eigenvalue weighted by Gasteiger charge is 2.53. The molecular formula is C12H16N2O2. The lowest BCUT2D eigenvalue weighted by Crippen LogP contribution is -2.74. The molecule has 0 radical (unpaired) electrons. The quantitative estimate of drug-likeness (QED) is 0.775. The third-order valence-electron chi connectivity index (χ3n) is 2.95. The number of amides is 1. The number of rotatable bonds is 3. The molecule has 16 heavy (non-hydrogen) atoms. The topological polar surface area (TPSA) is 55.6 Å². The molecule has 1 aliphatic heterocycles. The number of hydroxylamine groups is 2. The molecule has 1 atom stereocenters. The number of carbonyl (C=O) groups excluding carboxylic acids is 1. The van der Waals surface area contributed by atoms with Crippen LogP contribution < -0.4 is 5.73 Å². The van der Waals surface area contributed by atoms with Crippen molar-refractivity contribution in [3.8, 4) is 0 Å². The molecular weight excluding hydrogens is 204 g/mol. The summed E-state index contributed by atoms with van der Waals surface area (Å²) in [4.78, 5) is 16.9. The Hall–Kier alpha value is -1.39. The van der Waals surface area contributed by atoms with Gasteiger partial charge in [-0.1, -0.05) is 30.3 Å². The van der Waals surface area contributed by atoms with Crippen LogP contribution in [0.4, 0.5) is 0 Å². The Balaban J connectivity index is 1.95. The second kappa shape index (κ2) is 3.88. The van der Waals surface area contributed by atoms with Crippen LogP contribution in [0.25, 0.3) is 0 Å². The molecule has 1 saturated heterocycles. The molecule has 1 aromatic carbocycles. The highest BCUT2D eigenvalue weighted by atomic mass is 16.7. The van der Waals surface area contributed by atoms with Crippen molar-refractivity contribution in [3.05, 3.63) is 35.9 Å². The minimum atomic E-state index is -0.455. The van der Waals surface area contributed by atoms with E-state index in [2.05, 4.69) is 0 Å². The fourth-order valence-electron chi connectivity index (χ4n) is 1.72. The number of hydrogen-bond donors (Lipinski definition) is 1. The normalized spacial score (nSPS) is 23.1. The largest absolute Gasteiger partial charge is 0.318 e. The first-order chi connectivity index (χ1) is 7.53. The van der Waals surface area contributed by atoms with Crippen LogP contribution in [0.3, 0.4) is 0 Å². The van der Waals surface area contributed by atoms with Crippen LogP contribution in [-0.2, 0) is 16.2 Å². The summed E-state index contributed by atoms with van der Waals surface area (Å²) in [7, 11) is 0. The first-order valence-corrected chi connectivity index (χ1v) is 5.30. The van der Waals surface area contributed by atoms with Gasteiger partial charge in [-0.3, -0.25) is 9.63 Å². The van der Waals surface area contributed by atoms with Crippen LogP contribution >= 0.6 is 0 Å². The van der Waals surface area contributed by atoms with Gasteiger partial charge in [0.1, 0.15) is 12.6 Å². The number of benzene rings is 1. The zero-order chi connectivity index (χ0) is 11.8. The predicted molar refractivity (Wildman–Crippen MR) is 60.1 cm³/mol. The van der Waals surface area contributed by atoms with Crippen molar-refractivity contribution in [2.75, 3.05) is 0 Å². The average molecular weight is 220 g/mol. The molecule has 2 N–H and O–H groups in total. The molecule has 86 valence electrons. The molecule has 1 amide bonds. The van der Waals surface area contributed by atoms with E-state index in [0.717, 1.165) is 5.56 Å². The number of hydrogen-bond acceptors (Lipinski definition) is 3. The van der Waals surface area contributed by atoms with Crippen molar-refractivity contribution in [3.63, 3.8) is 0 Å². The summed E-state index contributed by atoms with van der Waals surface area (Å²) in [5.74, 6) is -0.152. The van der Waals surface area contributed by atoms with E-state index in [0.29, 0.717) is 6.61 Å². The highest BCUT2D eigenvalue weighted by Crippen LogP contribution is 2.30. The molecule has 1 fully saturated rings. The maximum absolute atomic E-state index is 11.5. The minimum absolute atomic E-state index is 0.152. The summed E-state index contributed by atoms with van der Waals surface area (Å²) in [5.41, 5.74) is 6.31. The summed E-state index contributed by atoms with van der Waals surface area (Å²) in [6.07, 6.45) is 0. The van der Waals surface area contributed by atoms with Gasteiger partial charge in [0, 0.05) is 0 Å². The SMILES string of the molecule is CC1(C)C(N)C(=O)N1OCc1ccccc1. The van der Waals surface area contributed by atoms with Crippen LogP contribution in [0.2, 0.25) is 0 Å². The van der Waals surface area contributed by atoms with Gasteiger partial charge in [0.2, 0.25) is 0 Å². The third-order valence-corrected chi connectivity index (χ3v) is 2.95. The molecule has 1 aromatic rings. The van der Waals surface area contributed by atoms with Gasteiger partial charge in [-0.2, -0.15) is 0 Å². The van der Waals surface area contributed by atoms with Gasteiger partial charge in [-0.15, -0.1) is 0 Å². The van der Waals surface area contributed by atoms with Gasteiger partial charge in [-0.05, 0) is 19.4 Å². The van der Waals surface area contributed by atoms with Gasteiger partial charge in [0.15, 0.2) is 0 Å². The van der Waals surface area contributed by atoms with Crippen LogP contribution in [0.5, 0.6) is 0 Å². The van der Waals surface area contributed by atoms with E-state index in [4.69, 9.17) is 10.6 Å². The monoisotopic (exact) mass is 220 g/mol. The summed E-state index contributed by atoms with van der Waals surface area (Å²) in [6, 6.07) is 9.27.